The third-order valence-corrected chi connectivity index (χ3v) is 6.11. The monoisotopic (exact) mass is 489 g/mol. The number of aliphatic hydroxyl groups is 1. The number of carbonyl (C=O) groups is 1. The van der Waals surface area contributed by atoms with Gasteiger partial charge >= 0.3 is 0 Å². The first-order valence-corrected chi connectivity index (χ1v) is 11.6. The van der Waals surface area contributed by atoms with E-state index in [1.165, 1.54) is 37.5 Å². The number of benzene rings is 2. The fraction of sp³-hybridized carbons (Fsp3) is 0.458. The molecule has 2 aromatic carbocycles. The lowest BCUT2D eigenvalue weighted by Gasteiger charge is -2.31. The molecule has 1 aliphatic carbocycles. The Kier molecular flexibility index (Phi) is 12.2. The van der Waals surface area contributed by atoms with Crippen LogP contribution >= 0.6 is 24.2 Å². The molecule has 1 aliphatic rings. The lowest BCUT2D eigenvalue weighted by Crippen LogP contribution is -2.31. The topological polar surface area (TPSA) is 49.3 Å². The zero-order valence-electron chi connectivity index (χ0n) is 18.8. The summed E-state index contributed by atoms with van der Waals surface area (Å²) in [6.45, 7) is 8.33. The Morgan fingerprint density at radius 1 is 1.16 bits per heavy atom. The van der Waals surface area contributed by atoms with E-state index in [-0.39, 0.29) is 17.4 Å². The first-order valence-electron chi connectivity index (χ1n) is 10.8. The number of thiol groups is 1. The van der Waals surface area contributed by atoms with E-state index < -0.39 is 23.4 Å². The number of hydrogen-bond acceptors (Lipinski definition) is 3. The van der Waals surface area contributed by atoms with Gasteiger partial charge in [-0.15, -0.1) is 12.6 Å². The summed E-state index contributed by atoms with van der Waals surface area (Å²) in [7, 11) is 0. The molecule has 1 amide bonds. The molecular weight excluding hydrogens is 459 g/mol. The lowest BCUT2D eigenvalue weighted by molar-refractivity contribution is 0.0237. The van der Waals surface area contributed by atoms with E-state index in [0.717, 1.165) is 6.42 Å². The van der Waals surface area contributed by atoms with Crippen molar-refractivity contribution in [1.82, 2.24) is 0 Å². The first kappa shape index (κ1) is 28.3. The number of amides is 1. The van der Waals surface area contributed by atoms with Crippen LogP contribution in [-0.4, -0.2) is 17.1 Å². The molecule has 0 bridgehead atoms. The van der Waals surface area contributed by atoms with Gasteiger partial charge in [0.05, 0.1) is 11.1 Å². The summed E-state index contributed by atoms with van der Waals surface area (Å²) in [5, 5.41) is 12.3. The lowest BCUT2D eigenvalue weighted by atomic mass is 9.78. The van der Waals surface area contributed by atoms with Crippen molar-refractivity contribution in [3.63, 3.8) is 0 Å². The molecule has 2 N–H and O–H groups in total. The van der Waals surface area contributed by atoms with Crippen LogP contribution < -0.4 is 5.32 Å². The summed E-state index contributed by atoms with van der Waals surface area (Å²) < 4.78 is 38.8. The number of rotatable bonds is 3. The van der Waals surface area contributed by atoms with E-state index in [1.807, 2.05) is 13.8 Å². The third kappa shape index (κ3) is 8.01. The van der Waals surface area contributed by atoms with Gasteiger partial charge in [0, 0.05) is 28.3 Å². The molecule has 2 aromatic rings. The van der Waals surface area contributed by atoms with Gasteiger partial charge in [0.1, 0.15) is 0 Å². The molecule has 32 heavy (non-hydrogen) atoms. The van der Waals surface area contributed by atoms with Crippen molar-refractivity contribution < 1.29 is 23.1 Å². The van der Waals surface area contributed by atoms with Crippen molar-refractivity contribution >= 4 is 35.8 Å². The zero-order chi connectivity index (χ0) is 24.4. The summed E-state index contributed by atoms with van der Waals surface area (Å²) >= 11 is 9.81. The quantitative estimate of drug-likeness (QED) is 0.308. The van der Waals surface area contributed by atoms with Crippen LogP contribution in [0, 0.1) is 29.3 Å². The van der Waals surface area contributed by atoms with Crippen molar-refractivity contribution in [2.45, 2.75) is 64.4 Å². The molecular formula is C24H31ClF3NO2S. The molecule has 0 aromatic heterocycles. The highest BCUT2D eigenvalue weighted by atomic mass is 35.5. The largest absolute Gasteiger partial charge is 0.393 e. The number of aliphatic hydroxyl groups excluding tert-OH is 1. The maximum absolute atomic E-state index is 13.0. The molecule has 0 aliphatic heterocycles. The SMILES string of the molecule is CC.CCC1CCCC(C)C1O.O=C(Nc1cc(F)c(F)c(F)c1)c1ccc(Cl)c(S)c1. The van der Waals surface area contributed by atoms with Crippen molar-refractivity contribution in [1.29, 1.82) is 0 Å². The van der Waals surface area contributed by atoms with Gasteiger partial charge in [-0.1, -0.05) is 52.1 Å². The fourth-order valence-electron chi connectivity index (χ4n) is 3.44. The third-order valence-electron chi connectivity index (χ3n) is 5.27. The second-order valence-corrected chi connectivity index (χ2v) is 8.33. The minimum atomic E-state index is -1.59. The fourth-order valence-corrected chi connectivity index (χ4v) is 3.77. The summed E-state index contributed by atoms with van der Waals surface area (Å²) in [5.41, 5.74) is 0.00612. The Balaban J connectivity index is 0.000000358. The number of anilines is 1. The molecule has 0 radical (unpaired) electrons. The standard InChI is InChI=1S/C13H7ClF3NOS.C9H18O.C2H6/c14-8-2-1-6(3-11(8)20)13(19)18-7-4-9(15)12(17)10(16)5-7;1-3-8-6-4-5-7(2)9(8)10;1-2/h1-5,20H,(H,18,19);7-10H,3-6H2,1-2H3;1-2H3. The normalized spacial score (nSPS) is 19.8. The number of carbonyl (C=O) groups excluding carboxylic acids is 1. The van der Waals surface area contributed by atoms with Gasteiger partial charge in [-0.2, -0.15) is 0 Å². The van der Waals surface area contributed by atoms with Crippen molar-refractivity contribution in [2.75, 3.05) is 5.32 Å². The maximum atomic E-state index is 13.0. The van der Waals surface area contributed by atoms with E-state index in [0.29, 0.717) is 33.9 Å². The summed E-state index contributed by atoms with van der Waals surface area (Å²) in [6.07, 6.45) is 4.90. The smallest absolute Gasteiger partial charge is 0.255 e. The number of hydrogen-bond donors (Lipinski definition) is 3. The van der Waals surface area contributed by atoms with Gasteiger partial charge < -0.3 is 10.4 Å². The van der Waals surface area contributed by atoms with Crippen LogP contribution in [0.2, 0.25) is 5.02 Å². The molecule has 3 unspecified atom stereocenters. The average molecular weight is 490 g/mol. The second kappa shape index (κ2) is 13.8. The van der Waals surface area contributed by atoms with Crippen LogP contribution in [0.5, 0.6) is 0 Å². The highest BCUT2D eigenvalue weighted by Crippen LogP contribution is 2.30. The van der Waals surface area contributed by atoms with Crippen molar-refractivity contribution in [3.8, 4) is 0 Å². The Morgan fingerprint density at radius 3 is 2.25 bits per heavy atom. The van der Waals surface area contributed by atoms with Crippen LogP contribution in [0.4, 0.5) is 18.9 Å². The molecule has 0 heterocycles. The van der Waals surface area contributed by atoms with E-state index >= 15 is 0 Å². The summed E-state index contributed by atoms with van der Waals surface area (Å²) in [5.74, 6) is -3.85. The zero-order valence-corrected chi connectivity index (χ0v) is 20.4. The number of halogens is 4. The molecule has 3 nitrogen and oxygen atoms in total. The Bertz CT molecular complexity index is 875. The second-order valence-electron chi connectivity index (χ2n) is 7.44. The predicted molar refractivity (Wildman–Crippen MR) is 127 cm³/mol. The highest BCUT2D eigenvalue weighted by Gasteiger charge is 2.27. The molecule has 3 rings (SSSR count). The van der Waals surface area contributed by atoms with Gasteiger partial charge in [-0.3, -0.25) is 4.79 Å². The predicted octanol–water partition coefficient (Wildman–Crippen LogP) is 7.52. The molecule has 8 heteroatoms. The Labute approximate surface area is 198 Å². The Morgan fingerprint density at radius 2 is 1.75 bits per heavy atom. The van der Waals surface area contributed by atoms with Gasteiger partial charge in [0.2, 0.25) is 0 Å². The van der Waals surface area contributed by atoms with Gasteiger partial charge in [-0.05, 0) is 42.9 Å². The van der Waals surface area contributed by atoms with Crippen molar-refractivity contribution in [3.05, 3.63) is 58.4 Å². The van der Waals surface area contributed by atoms with E-state index in [9.17, 15) is 23.1 Å². The van der Waals surface area contributed by atoms with Gasteiger partial charge in [0.15, 0.2) is 17.5 Å². The van der Waals surface area contributed by atoms with E-state index in [1.54, 1.807) is 0 Å². The molecule has 178 valence electrons. The van der Waals surface area contributed by atoms with Crippen LogP contribution in [0.3, 0.4) is 0 Å². The molecule has 1 saturated carbocycles. The maximum Gasteiger partial charge on any atom is 0.255 e. The molecule has 0 saturated heterocycles. The van der Waals surface area contributed by atoms with Crippen LogP contribution in [0.1, 0.15) is 63.7 Å². The minimum Gasteiger partial charge on any atom is -0.393 e. The van der Waals surface area contributed by atoms with E-state index in [2.05, 4.69) is 31.8 Å². The Hall–Kier alpha value is -1.70. The summed E-state index contributed by atoms with van der Waals surface area (Å²) in [6, 6.07) is 5.66. The molecule has 3 atom stereocenters. The van der Waals surface area contributed by atoms with Crippen LogP contribution in [-0.2, 0) is 0 Å². The first-order chi connectivity index (χ1) is 15.1. The minimum absolute atomic E-state index is 0.0150. The molecule has 0 spiro atoms. The van der Waals surface area contributed by atoms with Gasteiger partial charge in [-0.25, -0.2) is 13.2 Å². The summed E-state index contributed by atoms with van der Waals surface area (Å²) in [4.78, 5) is 12.2. The van der Waals surface area contributed by atoms with Crippen LogP contribution in [0.25, 0.3) is 0 Å². The van der Waals surface area contributed by atoms with E-state index in [4.69, 9.17) is 11.6 Å². The van der Waals surface area contributed by atoms with Crippen LogP contribution in [0.15, 0.2) is 35.2 Å². The van der Waals surface area contributed by atoms with Gasteiger partial charge in [0.25, 0.3) is 5.91 Å². The number of nitrogens with one attached hydrogen (secondary N) is 1. The molecule has 1 fully saturated rings. The highest BCUT2D eigenvalue weighted by molar-refractivity contribution is 7.80. The van der Waals surface area contributed by atoms with Crippen molar-refractivity contribution in [2.24, 2.45) is 11.8 Å². The average Bonchev–Trinajstić information content (AvgIpc) is 2.77.